The molecule has 1 aromatic heterocycles. The zero-order chi connectivity index (χ0) is 13.0. The zero-order valence-corrected chi connectivity index (χ0v) is 11.0. The lowest BCUT2D eigenvalue weighted by Crippen LogP contribution is -2.30. The first-order chi connectivity index (χ1) is 7.90. The zero-order valence-electron chi connectivity index (χ0n) is 10.1. The Morgan fingerprint density at radius 1 is 1.65 bits per heavy atom. The van der Waals surface area contributed by atoms with Crippen LogP contribution in [-0.4, -0.2) is 33.3 Å². The lowest BCUT2D eigenvalue weighted by atomic mass is 10.2. The molecular weight excluding hydrogens is 242 g/mol. The SMILES string of the molecule is Cc1oc(C(=O)O)cc1CNC(C)CS(C)=O. The van der Waals surface area contributed by atoms with Crippen molar-refractivity contribution in [3.8, 4) is 0 Å². The van der Waals surface area contributed by atoms with Crippen molar-refractivity contribution in [1.82, 2.24) is 5.32 Å². The molecule has 0 saturated heterocycles. The molecule has 5 nitrogen and oxygen atoms in total. The maximum Gasteiger partial charge on any atom is 0.371 e. The molecule has 1 heterocycles. The number of aromatic carboxylic acids is 1. The van der Waals surface area contributed by atoms with E-state index in [1.807, 2.05) is 6.92 Å². The number of aryl methyl sites for hydroxylation is 1. The third kappa shape index (κ3) is 4.32. The first-order valence-electron chi connectivity index (χ1n) is 5.26. The lowest BCUT2D eigenvalue weighted by Gasteiger charge is -2.11. The number of hydrogen-bond donors (Lipinski definition) is 2. The van der Waals surface area contributed by atoms with E-state index in [4.69, 9.17) is 9.52 Å². The molecule has 1 rings (SSSR count). The van der Waals surface area contributed by atoms with Crippen LogP contribution in [0.5, 0.6) is 0 Å². The van der Waals surface area contributed by atoms with Crippen LogP contribution in [0.25, 0.3) is 0 Å². The highest BCUT2D eigenvalue weighted by molar-refractivity contribution is 7.84. The summed E-state index contributed by atoms with van der Waals surface area (Å²) in [6, 6.07) is 1.63. The molecule has 17 heavy (non-hydrogen) atoms. The molecule has 0 spiro atoms. The predicted octanol–water partition coefficient (Wildman–Crippen LogP) is 1.14. The number of carboxylic acids is 1. The summed E-state index contributed by atoms with van der Waals surface area (Å²) in [5.41, 5.74) is 0.816. The number of hydrogen-bond acceptors (Lipinski definition) is 4. The molecular formula is C11H17NO4S. The molecule has 0 saturated carbocycles. The summed E-state index contributed by atoms with van der Waals surface area (Å²) in [5.74, 6) is 0.0516. The van der Waals surface area contributed by atoms with E-state index in [-0.39, 0.29) is 11.8 Å². The van der Waals surface area contributed by atoms with Crippen LogP contribution in [-0.2, 0) is 17.3 Å². The minimum atomic E-state index is -1.07. The second-order valence-corrected chi connectivity index (χ2v) is 5.50. The molecule has 0 fully saturated rings. The highest BCUT2D eigenvalue weighted by atomic mass is 32.2. The highest BCUT2D eigenvalue weighted by Gasteiger charge is 2.13. The molecule has 0 aliphatic heterocycles. The molecule has 1 aromatic rings. The van der Waals surface area contributed by atoms with Crippen molar-refractivity contribution in [1.29, 1.82) is 0 Å². The smallest absolute Gasteiger partial charge is 0.371 e. The van der Waals surface area contributed by atoms with Crippen molar-refractivity contribution in [2.75, 3.05) is 12.0 Å². The van der Waals surface area contributed by atoms with Crippen LogP contribution in [0.4, 0.5) is 0 Å². The van der Waals surface area contributed by atoms with Gasteiger partial charge in [-0.25, -0.2) is 4.79 Å². The maximum absolute atomic E-state index is 11.0. The Bertz CT molecular complexity index is 427. The Hall–Kier alpha value is -1.14. The van der Waals surface area contributed by atoms with E-state index >= 15 is 0 Å². The number of carboxylic acid groups (broad SMARTS) is 1. The molecule has 2 atom stereocenters. The molecule has 0 aliphatic rings. The van der Waals surface area contributed by atoms with E-state index in [2.05, 4.69) is 5.32 Å². The van der Waals surface area contributed by atoms with E-state index in [0.717, 1.165) is 5.56 Å². The average molecular weight is 259 g/mol. The summed E-state index contributed by atoms with van der Waals surface area (Å²) in [6.45, 7) is 4.18. The fraction of sp³-hybridized carbons (Fsp3) is 0.545. The number of rotatable bonds is 6. The van der Waals surface area contributed by atoms with Crippen molar-refractivity contribution >= 4 is 16.8 Å². The van der Waals surface area contributed by atoms with E-state index in [1.165, 1.54) is 6.07 Å². The normalized spacial score (nSPS) is 14.5. The summed E-state index contributed by atoms with van der Waals surface area (Å²) < 4.78 is 16.1. The maximum atomic E-state index is 11.0. The van der Waals surface area contributed by atoms with Crippen molar-refractivity contribution in [3.05, 3.63) is 23.2 Å². The molecule has 2 N–H and O–H groups in total. The van der Waals surface area contributed by atoms with Crippen LogP contribution >= 0.6 is 0 Å². The van der Waals surface area contributed by atoms with Gasteiger partial charge in [-0.1, -0.05) is 0 Å². The number of nitrogens with one attached hydrogen (secondary N) is 1. The minimum absolute atomic E-state index is 0.0500. The van der Waals surface area contributed by atoms with E-state index in [9.17, 15) is 9.00 Å². The number of furan rings is 1. The summed E-state index contributed by atoms with van der Waals surface area (Å²) in [4.78, 5) is 10.7. The molecule has 0 radical (unpaired) electrons. The third-order valence-electron chi connectivity index (χ3n) is 2.36. The Balaban J connectivity index is 2.57. The topological polar surface area (TPSA) is 79.5 Å². The van der Waals surface area contributed by atoms with Gasteiger partial charge in [-0.2, -0.15) is 0 Å². The molecule has 6 heteroatoms. The molecule has 0 amide bonds. The Morgan fingerprint density at radius 2 is 2.29 bits per heavy atom. The Morgan fingerprint density at radius 3 is 2.76 bits per heavy atom. The van der Waals surface area contributed by atoms with Crippen LogP contribution in [0.1, 0.15) is 28.8 Å². The first kappa shape index (κ1) is 13.9. The van der Waals surface area contributed by atoms with Gasteiger partial charge in [-0.05, 0) is 19.9 Å². The molecule has 0 bridgehead atoms. The van der Waals surface area contributed by atoms with Gasteiger partial charge in [0.25, 0.3) is 0 Å². The monoisotopic (exact) mass is 259 g/mol. The van der Waals surface area contributed by atoms with Crippen LogP contribution in [0.2, 0.25) is 0 Å². The minimum Gasteiger partial charge on any atom is -0.475 e. The molecule has 2 unspecified atom stereocenters. The van der Waals surface area contributed by atoms with Crippen molar-refractivity contribution in [2.45, 2.75) is 26.4 Å². The lowest BCUT2D eigenvalue weighted by molar-refractivity contribution is 0.0661. The van der Waals surface area contributed by atoms with E-state index in [1.54, 1.807) is 13.2 Å². The average Bonchev–Trinajstić information content (AvgIpc) is 2.56. The van der Waals surface area contributed by atoms with Gasteiger partial charge in [0, 0.05) is 41.0 Å². The van der Waals surface area contributed by atoms with Gasteiger partial charge < -0.3 is 14.8 Å². The summed E-state index contributed by atoms with van der Waals surface area (Å²) >= 11 is 0. The third-order valence-corrected chi connectivity index (χ3v) is 3.33. The van der Waals surface area contributed by atoms with Crippen LogP contribution < -0.4 is 5.32 Å². The van der Waals surface area contributed by atoms with Gasteiger partial charge in [0.2, 0.25) is 5.76 Å². The van der Waals surface area contributed by atoms with Crippen molar-refractivity contribution in [3.63, 3.8) is 0 Å². The van der Waals surface area contributed by atoms with E-state index in [0.29, 0.717) is 18.1 Å². The molecule has 0 aliphatic carbocycles. The second kappa shape index (κ2) is 5.97. The van der Waals surface area contributed by atoms with Gasteiger partial charge in [-0.15, -0.1) is 0 Å². The van der Waals surface area contributed by atoms with Gasteiger partial charge in [0.15, 0.2) is 0 Å². The van der Waals surface area contributed by atoms with Crippen LogP contribution in [0.15, 0.2) is 10.5 Å². The first-order valence-corrected chi connectivity index (χ1v) is 6.99. The fourth-order valence-electron chi connectivity index (χ4n) is 1.50. The highest BCUT2D eigenvalue weighted by Crippen LogP contribution is 2.14. The standard InChI is InChI=1S/C11H17NO4S/c1-7(6-17(3)15)12-5-9-4-10(11(13)14)16-8(9)2/h4,7,12H,5-6H2,1-3H3,(H,13,14). The predicted molar refractivity (Wildman–Crippen MR) is 65.6 cm³/mol. The second-order valence-electron chi connectivity index (χ2n) is 4.02. The van der Waals surface area contributed by atoms with E-state index < -0.39 is 16.8 Å². The summed E-state index contributed by atoms with van der Waals surface area (Å²) in [6.07, 6.45) is 1.66. The fourth-order valence-corrected chi connectivity index (χ4v) is 2.32. The van der Waals surface area contributed by atoms with Crippen molar-refractivity contribution in [2.24, 2.45) is 0 Å². The van der Waals surface area contributed by atoms with Gasteiger partial charge >= 0.3 is 5.97 Å². The Labute approximate surface area is 103 Å². The quantitative estimate of drug-likeness (QED) is 0.801. The molecule has 0 aromatic carbocycles. The molecule has 96 valence electrons. The van der Waals surface area contributed by atoms with Crippen LogP contribution in [0.3, 0.4) is 0 Å². The largest absolute Gasteiger partial charge is 0.475 e. The van der Waals surface area contributed by atoms with Gasteiger partial charge in [0.1, 0.15) is 5.76 Å². The van der Waals surface area contributed by atoms with Gasteiger partial charge in [0.05, 0.1) is 0 Å². The number of carbonyl (C=O) groups is 1. The summed E-state index contributed by atoms with van der Waals surface area (Å²) in [7, 11) is -0.841. The summed E-state index contributed by atoms with van der Waals surface area (Å²) in [5, 5.41) is 11.9. The Kier molecular flexibility index (Phi) is 4.89. The van der Waals surface area contributed by atoms with Gasteiger partial charge in [-0.3, -0.25) is 4.21 Å². The van der Waals surface area contributed by atoms with Crippen molar-refractivity contribution < 1.29 is 18.5 Å². The van der Waals surface area contributed by atoms with Crippen LogP contribution in [0, 0.1) is 6.92 Å².